The Hall–Kier alpha value is -2.16. The number of nitrogens with one attached hydrogen (secondary N) is 1. The first-order valence-corrected chi connectivity index (χ1v) is 9.03. The summed E-state index contributed by atoms with van der Waals surface area (Å²) in [5.74, 6) is 0. The lowest BCUT2D eigenvalue weighted by molar-refractivity contribution is -0.149. The number of rotatable bonds is 3. The fraction of sp³-hybridized carbons (Fsp3) is 0.304. The zero-order valence-electron chi connectivity index (χ0n) is 15.4. The van der Waals surface area contributed by atoms with Gasteiger partial charge in [0.15, 0.2) is 5.72 Å². The Kier molecular flexibility index (Phi) is 3.71. The third-order valence-corrected chi connectivity index (χ3v) is 5.19. The SMILES string of the molecule is CCNC1(c2cccc(C)c2)OC(C)(C)c2cccc3cccc1c23. The molecule has 128 valence electrons. The summed E-state index contributed by atoms with van der Waals surface area (Å²) in [4.78, 5) is 0. The quantitative estimate of drug-likeness (QED) is 0.710. The van der Waals surface area contributed by atoms with Crippen molar-refractivity contribution in [3.8, 4) is 0 Å². The van der Waals surface area contributed by atoms with Gasteiger partial charge in [-0.3, -0.25) is 5.32 Å². The van der Waals surface area contributed by atoms with E-state index in [1.54, 1.807) is 0 Å². The van der Waals surface area contributed by atoms with Crippen LogP contribution in [0.1, 0.15) is 43.0 Å². The van der Waals surface area contributed by atoms with Crippen molar-refractivity contribution >= 4 is 10.8 Å². The number of hydrogen-bond donors (Lipinski definition) is 1. The molecule has 3 aromatic rings. The average Bonchev–Trinajstić information content (AvgIpc) is 2.59. The number of hydrogen-bond acceptors (Lipinski definition) is 2. The Balaban J connectivity index is 2.12. The summed E-state index contributed by atoms with van der Waals surface area (Å²) in [7, 11) is 0. The fourth-order valence-electron chi connectivity index (χ4n) is 4.19. The molecule has 1 heterocycles. The monoisotopic (exact) mass is 331 g/mol. The fourth-order valence-corrected chi connectivity index (χ4v) is 4.19. The van der Waals surface area contributed by atoms with E-state index in [0.717, 1.165) is 12.1 Å². The molecule has 4 rings (SSSR count). The van der Waals surface area contributed by atoms with Crippen molar-refractivity contribution < 1.29 is 4.74 Å². The van der Waals surface area contributed by atoms with Gasteiger partial charge in [0, 0.05) is 11.1 Å². The highest BCUT2D eigenvalue weighted by Crippen LogP contribution is 2.48. The van der Waals surface area contributed by atoms with E-state index in [2.05, 4.69) is 93.7 Å². The largest absolute Gasteiger partial charge is 0.341 e. The maximum absolute atomic E-state index is 6.85. The molecule has 2 nitrogen and oxygen atoms in total. The summed E-state index contributed by atoms with van der Waals surface area (Å²) in [6.45, 7) is 9.42. The molecule has 0 aromatic heterocycles. The van der Waals surface area contributed by atoms with E-state index in [4.69, 9.17) is 4.74 Å². The second-order valence-corrected chi connectivity index (χ2v) is 7.40. The third kappa shape index (κ3) is 2.40. The summed E-state index contributed by atoms with van der Waals surface area (Å²) >= 11 is 0. The number of aryl methyl sites for hydroxylation is 1. The normalized spacial score (nSPS) is 21.4. The molecule has 3 aromatic carbocycles. The van der Waals surface area contributed by atoms with E-state index >= 15 is 0 Å². The molecule has 0 saturated carbocycles. The van der Waals surface area contributed by atoms with Crippen LogP contribution in [-0.4, -0.2) is 6.54 Å². The van der Waals surface area contributed by atoms with Gasteiger partial charge in [-0.25, -0.2) is 0 Å². The van der Waals surface area contributed by atoms with Crippen molar-refractivity contribution in [2.24, 2.45) is 0 Å². The standard InChI is InChI=1S/C23H25NO/c1-5-24-23(18-12-6-9-16(2)15-18)20-14-8-11-17-10-7-13-19(21(17)20)22(3,4)25-23/h6-15,24H,5H2,1-4H3. The molecular formula is C23H25NO. The lowest BCUT2D eigenvalue weighted by atomic mass is 9.80. The van der Waals surface area contributed by atoms with Gasteiger partial charge in [0.05, 0.1) is 5.60 Å². The van der Waals surface area contributed by atoms with Gasteiger partial charge >= 0.3 is 0 Å². The summed E-state index contributed by atoms with van der Waals surface area (Å²) < 4.78 is 6.85. The molecule has 1 aliphatic rings. The molecule has 1 aliphatic heterocycles. The van der Waals surface area contributed by atoms with E-state index in [0.29, 0.717) is 0 Å². The number of benzene rings is 3. The summed E-state index contributed by atoms with van der Waals surface area (Å²) in [6, 6.07) is 21.7. The molecule has 1 atom stereocenters. The van der Waals surface area contributed by atoms with E-state index in [1.807, 2.05) is 0 Å². The molecule has 0 fully saturated rings. The Labute approximate surface area is 149 Å². The van der Waals surface area contributed by atoms with E-state index in [-0.39, 0.29) is 5.60 Å². The van der Waals surface area contributed by atoms with Crippen LogP contribution in [0.3, 0.4) is 0 Å². The van der Waals surface area contributed by atoms with Crippen LogP contribution < -0.4 is 5.32 Å². The van der Waals surface area contributed by atoms with E-state index < -0.39 is 5.72 Å². The topological polar surface area (TPSA) is 21.3 Å². The van der Waals surface area contributed by atoms with Crippen molar-refractivity contribution in [2.75, 3.05) is 6.54 Å². The minimum absolute atomic E-state index is 0.389. The van der Waals surface area contributed by atoms with Crippen LogP contribution in [0.25, 0.3) is 10.8 Å². The van der Waals surface area contributed by atoms with Gasteiger partial charge in [0.25, 0.3) is 0 Å². The predicted molar refractivity (Wildman–Crippen MR) is 104 cm³/mol. The van der Waals surface area contributed by atoms with Crippen molar-refractivity contribution in [1.82, 2.24) is 5.32 Å². The first-order chi connectivity index (χ1) is 12.0. The van der Waals surface area contributed by atoms with Crippen LogP contribution in [0.15, 0.2) is 60.7 Å². The molecule has 0 spiro atoms. The molecule has 0 radical (unpaired) electrons. The van der Waals surface area contributed by atoms with Gasteiger partial charge < -0.3 is 4.74 Å². The Bertz CT molecular complexity index is 938. The molecular weight excluding hydrogens is 306 g/mol. The molecule has 0 amide bonds. The lowest BCUT2D eigenvalue weighted by Crippen LogP contribution is -2.52. The number of ether oxygens (including phenoxy) is 1. The molecule has 0 saturated heterocycles. The predicted octanol–water partition coefficient (Wildman–Crippen LogP) is 5.22. The zero-order chi connectivity index (χ0) is 17.7. The highest BCUT2D eigenvalue weighted by atomic mass is 16.5. The minimum atomic E-state index is -0.641. The van der Waals surface area contributed by atoms with Gasteiger partial charge in [0.1, 0.15) is 0 Å². The third-order valence-electron chi connectivity index (χ3n) is 5.19. The maximum atomic E-state index is 6.85. The summed E-state index contributed by atoms with van der Waals surface area (Å²) in [5.41, 5.74) is 3.82. The highest BCUT2D eigenvalue weighted by molar-refractivity contribution is 5.91. The molecule has 0 bridgehead atoms. The van der Waals surface area contributed by atoms with Crippen molar-refractivity contribution in [2.45, 2.75) is 39.0 Å². The molecule has 1 unspecified atom stereocenters. The lowest BCUT2D eigenvalue weighted by Gasteiger charge is -2.47. The molecule has 2 heteroatoms. The van der Waals surface area contributed by atoms with Gasteiger partial charge in [-0.1, -0.05) is 73.2 Å². The second kappa shape index (κ2) is 5.69. The van der Waals surface area contributed by atoms with Gasteiger partial charge in [-0.2, -0.15) is 0 Å². The summed E-state index contributed by atoms with van der Waals surface area (Å²) in [6.07, 6.45) is 0. The van der Waals surface area contributed by atoms with Crippen LogP contribution in [0.4, 0.5) is 0 Å². The van der Waals surface area contributed by atoms with Crippen molar-refractivity contribution in [1.29, 1.82) is 0 Å². The van der Waals surface area contributed by atoms with Crippen LogP contribution in [0, 0.1) is 6.92 Å². The Morgan fingerprint density at radius 2 is 1.60 bits per heavy atom. The zero-order valence-corrected chi connectivity index (χ0v) is 15.4. The van der Waals surface area contributed by atoms with Crippen LogP contribution >= 0.6 is 0 Å². The first kappa shape index (κ1) is 16.3. The molecule has 25 heavy (non-hydrogen) atoms. The van der Waals surface area contributed by atoms with Gasteiger partial charge in [-0.15, -0.1) is 0 Å². The molecule has 0 aliphatic carbocycles. The van der Waals surface area contributed by atoms with Crippen LogP contribution in [0.5, 0.6) is 0 Å². The van der Waals surface area contributed by atoms with Gasteiger partial charge in [-0.05, 0) is 43.7 Å². The molecule has 1 N–H and O–H groups in total. The smallest absolute Gasteiger partial charge is 0.173 e. The van der Waals surface area contributed by atoms with E-state index in [9.17, 15) is 0 Å². The highest BCUT2D eigenvalue weighted by Gasteiger charge is 2.46. The summed E-state index contributed by atoms with van der Waals surface area (Å²) in [5, 5.41) is 6.25. The average molecular weight is 331 g/mol. The second-order valence-electron chi connectivity index (χ2n) is 7.40. The van der Waals surface area contributed by atoms with Crippen molar-refractivity contribution in [3.05, 3.63) is 82.9 Å². The Morgan fingerprint density at radius 3 is 2.28 bits per heavy atom. The minimum Gasteiger partial charge on any atom is -0.341 e. The Morgan fingerprint density at radius 1 is 0.920 bits per heavy atom. The van der Waals surface area contributed by atoms with Gasteiger partial charge in [0.2, 0.25) is 0 Å². The van der Waals surface area contributed by atoms with Crippen LogP contribution in [0.2, 0.25) is 0 Å². The van der Waals surface area contributed by atoms with Crippen molar-refractivity contribution in [3.63, 3.8) is 0 Å². The maximum Gasteiger partial charge on any atom is 0.173 e. The van der Waals surface area contributed by atoms with E-state index in [1.165, 1.54) is 27.5 Å². The van der Waals surface area contributed by atoms with Crippen LogP contribution in [-0.2, 0) is 16.1 Å². The first-order valence-electron chi connectivity index (χ1n) is 9.03.